The van der Waals surface area contributed by atoms with Gasteiger partial charge in [0, 0.05) is 10.6 Å². The van der Waals surface area contributed by atoms with Crippen molar-refractivity contribution in [2.45, 2.75) is 0 Å². The lowest BCUT2D eigenvalue weighted by atomic mass is 10.1. The van der Waals surface area contributed by atoms with Gasteiger partial charge in [0.25, 0.3) is 0 Å². The number of halogens is 1. The maximum Gasteiger partial charge on any atom is 0.338 e. The van der Waals surface area contributed by atoms with Crippen LogP contribution in [0.2, 0.25) is 5.02 Å². The first-order valence-corrected chi connectivity index (χ1v) is 6.86. The molecule has 6 nitrogen and oxygen atoms in total. The van der Waals surface area contributed by atoms with E-state index in [0.29, 0.717) is 27.7 Å². The van der Waals surface area contributed by atoms with Crippen molar-refractivity contribution >= 4 is 41.1 Å². The Balaban J connectivity index is 2.34. The second kappa shape index (κ2) is 7.06. The van der Waals surface area contributed by atoms with Crippen LogP contribution < -0.4 is 11.2 Å². The molecule has 0 aliphatic heterocycles. The lowest BCUT2D eigenvalue weighted by Crippen LogP contribution is -2.23. The van der Waals surface area contributed by atoms with E-state index in [0.717, 1.165) is 0 Å². The molecular weight excluding hydrogens is 326 g/mol. The lowest BCUT2D eigenvalue weighted by molar-refractivity contribution is 0.0601. The van der Waals surface area contributed by atoms with Crippen LogP contribution in [0.15, 0.2) is 39.9 Å². The summed E-state index contributed by atoms with van der Waals surface area (Å²) in [5.74, 6) is 0.433. The van der Waals surface area contributed by atoms with Gasteiger partial charge in [-0.3, -0.25) is 5.43 Å². The van der Waals surface area contributed by atoms with Crippen molar-refractivity contribution < 1.29 is 13.9 Å². The fourth-order valence-electron chi connectivity index (χ4n) is 1.73. The molecule has 114 valence electrons. The van der Waals surface area contributed by atoms with E-state index in [2.05, 4.69) is 22.7 Å². The fourth-order valence-corrected chi connectivity index (χ4v) is 1.96. The zero-order chi connectivity index (χ0) is 16.1. The van der Waals surface area contributed by atoms with Crippen LogP contribution in [0.4, 0.5) is 0 Å². The molecule has 0 fully saturated rings. The molecule has 0 spiro atoms. The zero-order valence-electron chi connectivity index (χ0n) is 11.5. The lowest BCUT2D eigenvalue weighted by Gasteiger charge is -2.06. The number of carbonyl (C=O) groups is 1. The second-order valence-electron chi connectivity index (χ2n) is 4.12. The van der Waals surface area contributed by atoms with Crippen LogP contribution in [0.5, 0.6) is 0 Å². The van der Waals surface area contributed by atoms with Crippen molar-refractivity contribution in [2.75, 3.05) is 7.11 Å². The SMILES string of the molecule is COC(=O)c1ccc(Cl)cc1-c1ccc(/C=N\NC(N)=S)o1. The van der Waals surface area contributed by atoms with E-state index in [1.54, 1.807) is 30.3 Å². The van der Waals surface area contributed by atoms with Crippen molar-refractivity contribution in [3.8, 4) is 11.3 Å². The van der Waals surface area contributed by atoms with Gasteiger partial charge in [0.2, 0.25) is 0 Å². The number of ether oxygens (including phenoxy) is 1. The van der Waals surface area contributed by atoms with Gasteiger partial charge in [0.05, 0.1) is 18.9 Å². The van der Waals surface area contributed by atoms with Crippen LogP contribution in [0, 0.1) is 0 Å². The summed E-state index contributed by atoms with van der Waals surface area (Å²) in [7, 11) is 1.31. The fraction of sp³-hybridized carbons (Fsp3) is 0.0714. The Morgan fingerprint density at radius 2 is 2.23 bits per heavy atom. The van der Waals surface area contributed by atoms with E-state index in [9.17, 15) is 4.79 Å². The van der Waals surface area contributed by atoms with E-state index < -0.39 is 5.97 Å². The average Bonchev–Trinajstić information content (AvgIpc) is 2.94. The average molecular weight is 338 g/mol. The summed E-state index contributed by atoms with van der Waals surface area (Å²) in [6, 6.07) is 8.19. The van der Waals surface area contributed by atoms with Crippen LogP contribution in [-0.2, 0) is 4.74 Å². The third kappa shape index (κ3) is 3.84. The first-order chi connectivity index (χ1) is 10.5. The molecule has 1 heterocycles. The predicted octanol–water partition coefficient (Wildman–Crippen LogP) is 2.55. The number of methoxy groups -OCH3 is 1. The smallest absolute Gasteiger partial charge is 0.338 e. The van der Waals surface area contributed by atoms with Crippen molar-refractivity contribution in [1.29, 1.82) is 0 Å². The maximum atomic E-state index is 11.8. The van der Waals surface area contributed by atoms with Crippen LogP contribution in [0.1, 0.15) is 16.1 Å². The van der Waals surface area contributed by atoms with Gasteiger partial charge in [0.15, 0.2) is 5.11 Å². The molecule has 0 amide bonds. The molecule has 0 saturated carbocycles. The highest BCUT2D eigenvalue weighted by molar-refractivity contribution is 7.80. The van der Waals surface area contributed by atoms with E-state index in [1.807, 2.05) is 0 Å². The third-order valence-corrected chi connectivity index (χ3v) is 2.97. The summed E-state index contributed by atoms with van der Waals surface area (Å²) in [6.07, 6.45) is 1.41. The van der Waals surface area contributed by atoms with E-state index in [1.165, 1.54) is 13.3 Å². The van der Waals surface area contributed by atoms with Gasteiger partial charge in [-0.15, -0.1) is 0 Å². The Bertz CT molecular complexity index is 743. The van der Waals surface area contributed by atoms with Gasteiger partial charge in [-0.1, -0.05) is 11.6 Å². The minimum atomic E-state index is -0.478. The van der Waals surface area contributed by atoms with Gasteiger partial charge in [-0.2, -0.15) is 5.10 Å². The molecule has 0 radical (unpaired) electrons. The molecule has 0 unspecified atom stereocenters. The number of nitrogens with two attached hydrogens (primary N) is 1. The molecule has 8 heteroatoms. The number of hydrogen-bond acceptors (Lipinski definition) is 5. The molecule has 3 N–H and O–H groups in total. The first kappa shape index (κ1) is 16.0. The van der Waals surface area contributed by atoms with Gasteiger partial charge in [0.1, 0.15) is 11.5 Å². The number of hydrogen-bond donors (Lipinski definition) is 2. The highest BCUT2D eigenvalue weighted by Crippen LogP contribution is 2.29. The Hall–Kier alpha value is -2.38. The largest absolute Gasteiger partial charge is 0.465 e. The van der Waals surface area contributed by atoms with Crippen molar-refractivity contribution in [1.82, 2.24) is 5.43 Å². The molecule has 22 heavy (non-hydrogen) atoms. The number of benzene rings is 1. The number of furan rings is 1. The summed E-state index contributed by atoms with van der Waals surface area (Å²) in [6.45, 7) is 0. The van der Waals surface area contributed by atoms with E-state index in [-0.39, 0.29) is 5.11 Å². The quantitative estimate of drug-likeness (QED) is 0.386. The van der Waals surface area contributed by atoms with Gasteiger partial charge in [-0.05, 0) is 42.5 Å². The van der Waals surface area contributed by atoms with Gasteiger partial charge in [-0.25, -0.2) is 4.79 Å². The van der Waals surface area contributed by atoms with E-state index >= 15 is 0 Å². The molecule has 1 aromatic heterocycles. The maximum absolute atomic E-state index is 11.8. The summed E-state index contributed by atoms with van der Waals surface area (Å²) in [4.78, 5) is 11.8. The normalized spacial score (nSPS) is 10.6. The molecule has 1 aromatic carbocycles. The Labute approximate surface area is 136 Å². The van der Waals surface area contributed by atoms with Gasteiger partial charge >= 0.3 is 5.97 Å². The Morgan fingerprint density at radius 1 is 1.45 bits per heavy atom. The number of nitrogens with one attached hydrogen (secondary N) is 1. The number of carbonyl (C=O) groups excluding carboxylic acids is 1. The molecule has 0 aliphatic carbocycles. The number of thiocarbonyl (C=S) groups is 1. The molecule has 0 saturated heterocycles. The molecule has 0 aliphatic rings. The monoisotopic (exact) mass is 337 g/mol. The second-order valence-corrected chi connectivity index (χ2v) is 4.99. The minimum Gasteiger partial charge on any atom is -0.465 e. The van der Waals surface area contributed by atoms with Crippen LogP contribution in [0.25, 0.3) is 11.3 Å². The third-order valence-electron chi connectivity index (χ3n) is 2.65. The summed E-state index contributed by atoms with van der Waals surface area (Å²) in [5, 5.41) is 4.31. The number of rotatable bonds is 4. The minimum absolute atomic E-state index is 0.0471. The summed E-state index contributed by atoms with van der Waals surface area (Å²) < 4.78 is 10.4. The number of hydrazone groups is 1. The predicted molar refractivity (Wildman–Crippen MR) is 88.0 cm³/mol. The zero-order valence-corrected chi connectivity index (χ0v) is 13.1. The highest BCUT2D eigenvalue weighted by atomic mass is 35.5. The molecular formula is C14H12ClN3O3S. The standard InChI is InChI=1S/C14H12ClN3O3S/c1-20-13(19)10-4-2-8(15)6-11(10)12-5-3-9(21-12)7-17-18-14(16)22/h2-7H,1H3,(H3,16,18,22)/b17-7-. The van der Waals surface area contributed by atoms with Crippen LogP contribution in [0.3, 0.4) is 0 Å². The van der Waals surface area contributed by atoms with Crippen LogP contribution in [-0.4, -0.2) is 24.4 Å². The summed E-state index contributed by atoms with van der Waals surface area (Å²) >= 11 is 10.6. The number of nitrogens with zero attached hydrogens (tertiary/aromatic N) is 1. The van der Waals surface area contributed by atoms with E-state index in [4.69, 9.17) is 26.5 Å². The highest BCUT2D eigenvalue weighted by Gasteiger charge is 2.16. The Morgan fingerprint density at radius 3 is 2.91 bits per heavy atom. The Kier molecular flexibility index (Phi) is 5.13. The summed E-state index contributed by atoms with van der Waals surface area (Å²) in [5.41, 5.74) is 8.54. The van der Waals surface area contributed by atoms with Crippen LogP contribution >= 0.6 is 23.8 Å². The first-order valence-electron chi connectivity index (χ1n) is 6.08. The molecule has 2 rings (SSSR count). The topological polar surface area (TPSA) is 89.8 Å². The van der Waals surface area contributed by atoms with Crippen molar-refractivity contribution in [2.24, 2.45) is 10.8 Å². The molecule has 0 bridgehead atoms. The molecule has 0 atom stereocenters. The van der Waals surface area contributed by atoms with Gasteiger partial charge < -0.3 is 14.9 Å². The number of esters is 1. The van der Waals surface area contributed by atoms with Crippen molar-refractivity contribution in [3.05, 3.63) is 46.7 Å². The molecule has 2 aromatic rings. The van der Waals surface area contributed by atoms with Crippen molar-refractivity contribution in [3.63, 3.8) is 0 Å².